The largest absolute Gasteiger partial charge is 0.508 e. The number of aliphatic hydroxyl groups excluding tert-OH is 2. The van der Waals surface area contributed by atoms with Crippen LogP contribution in [0, 0.1) is 17.8 Å². The van der Waals surface area contributed by atoms with Crippen LogP contribution >= 0.6 is 0 Å². The zero-order valence-electron chi connectivity index (χ0n) is 35.9. The molecule has 63 heavy (non-hydrogen) atoms. The van der Waals surface area contributed by atoms with Crippen molar-refractivity contribution in [3.63, 3.8) is 0 Å². The number of nitrogens with zero attached hydrogens (tertiary/aromatic N) is 1. The molecule has 1 spiro atoms. The van der Waals surface area contributed by atoms with E-state index in [1.54, 1.807) is 42.6 Å². The average molecular weight is 856 g/mol. The predicted octanol–water partition coefficient (Wildman–Crippen LogP) is 8.72. The third-order valence-electron chi connectivity index (χ3n) is 13.3. The number of fused-ring (bicyclic) bond motifs is 6. The first-order chi connectivity index (χ1) is 30.3. The molecular weight excluding hydrogens is 799 g/mol. The molecule has 1 fully saturated rings. The number of Topliss-reactive ketones (excluding diaryl/α,β-unsaturated/α-hetero) is 1. The van der Waals surface area contributed by atoms with Crippen LogP contribution in [0.2, 0.25) is 0 Å². The molecule has 0 radical (unpaired) electrons. The standard InChI is InChI=1S/C51H57N3O9/c1-29(2)28-63-47-25-33(24-45(60)50(47)61)31-8-11-38-37-12-10-36(55)22-32(37)9-13-40(38)54-48-26-34(17-20-53-48)51(18-16-41(56)39(51)27-35-5-4-19-52-35)49(44(59)23-31)43(58)15-7-30-6-14-42(57)46(21-30)62-3/h4-6,9-10,12-14,17,19-22,24-26,29,31,39,41,43,49,52,55-58,60-61H,7-8,11,15-16,18,23,27-28H2,1-3H3,(H,53,54). The van der Waals surface area contributed by atoms with E-state index in [4.69, 9.17) is 14.5 Å². The van der Waals surface area contributed by atoms with Crippen LogP contribution in [-0.4, -0.2) is 72.3 Å². The Labute approximate surface area is 367 Å². The maximum atomic E-state index is 15.9. The van der Waals surface area contributed by atoms with Crippen molar-refractivity contribution in [2.75, 3.05) is 19.0 Å². The molecule has 2 aliphatic rings. The number of hydrogen-bond donors (Lipinski definition) is 8. The number of benzene rings is 4. The summed E-state index contributed by atoms with van der Waals surface area (Å²) in [5.41, 5.74) is 3.72. The van der Waals surface area contributed by atoms with E-state index < -0.39 is 35.4 Å². The van der Waals surface area contributed by atoms with Crippen molar-refractivity contribution in [3.8, 4) is 34.5 Å². The Morgan fingerprint density at radius 2 is 1.76 bits per heavy atom. The lowest BCUT2D eigenvalue weighted by molar-refractivity contribution is -0.132. The Bertz CT molecular complexity index is 2580. The fourth-order valence-electron chi connectivity index (χ4n) is 10.3. The Kier molecular flexibility index (Phi) is 12.6. The average Bonchev–Trinajstić information content (AvgIpc) is 3.90. The molecule has 6 atom stereocenters. The summed E-state index contributed by atoms with van der Waals surface area (Å²) in [6, 6.07) is 25.1. The number of methoxy groups -OCH3 is 1. The van der Waals surface area contributed by atoms with Gasteiger partial charge in [0.1, 0.15) is 17.4 Å². The molecule has 8 rings (SSSR count). The number of H-pyrrole nitrogens is 1. The van der Waals surface area contributed by atoms with Crippen LogP contribution in [-0.2, 0) is 29.5 Å². The monoisotopic (exact) mass is 855 g/mol. The minimum atomic E-state index is -1.18. The molecule has 1 aliphatic heterocycles. The topological polar surface area (TPSA) is 198 Å². The number of hydrogen-bond acceptors (Lipinski definition) is 11. The van der Waals surface area contributed by atoms with Gasteiger partial charge in [0.05, 0.1) is 31.8 Å². The van der Waals surface area contributed by atoms with E-state index in [0.29, 0.717) is 62.3 Å². The zero-order chi connectivity index (χ0) is 44.4. The maximum absolute atomic E-state index is 15.9. The molecule has 12 heteroatoms. The van der Waals surface area contributed by atoms with Crippen LogP contribution in [0.1, 0.15) is 79.8 Å². The van der Waals surface area contributed by atoms with Crippen molar-refractivity contribution < 1.29 is 44.9 Å². The second-order valence-corrected chi connectivity index (χ2v) is 17.8. The first kappa shape index (κ1) is 43.4. The highest BCUT2D eigenvalue weighted by atomic mass is 16.5. The molecule has 12 nitrogen and oxygen atoms in total. The number of aryl methyl sites for hydroxylation is 2. The molecule has 2 bridgehead atoms. The van der Waals surface area contributed by atoms with Gasteiger partial charge in [-0.2, -0.15) is 0 Å². The van der Waals surface area contributed by atoms with Gasteiger partial charge in [0.2, 0.25) is 5.75 Å². The van der Waals surface area contributed by atoms with E-state index >= 15 is 4.79 Å². The Morgan fingerprint density at radius 1 is 0.921 bits per heavy atom. The molecule has 6 aromatic rings. The molecule has 4 aromatic carbocycles. The molecule has 1 saturated carbocycles. The number of phenols is 4. The van der Waals surface area contributed by atoms with E-state index in [2.05, 4.69) is 10.3 Å². The van der Waals surface area contributed by atoms with E-state index in [9.17, 15) is 30.6 Å². The highest BCUT2D eigenvalue weighted by Crippen LogP contribution is 2.55. The summed E-state index contributed by atoms with van der Waals surface area (Å²) in [4.78, 5) is 23.9. The van der Waals surface area contributed by atoms with E-state index in [0.717, 1.165) is 38.8 Å². The van der Waals surface area contributed by atoms with Crippen LogP contribution in [0.4, 0.5) is 11.5 Å². The number of anilines is 2. The Morgan fingerprint density at radius 3 is 2.54 bits per heavy atom. The van der Waals surface area contributed by atoms with Gasteiger partial charge in [0, 0.05) is 41.5 Å². The number of ketones is 1. The second kappa shape index (κ2) is 18.2. The van der Waals surface area contributed by atoms with Crippen molar-refractivity contribution >= 4 is 28.1 Å². The van der Waals surface area contributed by atoms with Crippen molar-refractivity contribution in [3.05, 3.63) is 125 Å². The van der Waals surface area contributed by atoms with E-state index in [1.165, 1.54) is 13.2 Å². The Balaban J connectivity index is 1.31. The van der Waals surface area contributed by atoms with Crippen LogP contribution in [0.3, 0.4) is 0 Å². The number of aromatic hydroxyl groups is 4. The fourth-order valence-corrected chi connectivity index (χ4v) is 10.3. The third kappa shape index (κ3) is 8.87. The van der Waals surface area contributed by atoms with Gasteiger partial charge >= 0.3 is 0 Å². The van der Waals surface area contributed by atoms with Crippen LogP contribution in [0.15, 0.2) is 97.3 Å². The highest BCUT2D eigenvalue weighted by molar-refractivity contribution is 5.92. The quantitative estimate of drug-likeness (QED) is 0.0580. The van der Waals surface area contributed by atoms with Gasteiger partial charge in [0.15, 0.2) is 23.0 Å². The number of aliphatic hydroxyl groups is 2. The third-order valence-corrected chi connectivity index (χ3v) is 13.3. The lowest BCUT2D eigenvalue weighted by Crippen LogP contribution is -2.51. The van der Waals surface area contributed by atoms with Crippen molar-refractivity contribution in [2.45, 2.75) is 88.8 Å². The normalized spacial score (nSPS) is 21.9. The summed E-state index contributed by atoms with van der Waals surface area (Å²) in [6.45, 7) is 4.26. The summed E-state index contributed by atoms with van der Waals surface area (Å²) in [5.74, 6) is -1.77. The number of ether oxygens (including phenoxy) is 2. The minimum Gasteiger partial charge on any atom is -0.508 e. The van der Waals surface area contributed by atoms with Gasteiger partial charge in [-0.05, 0) is 157 Å². The van der Waals surface area contributed by atoms with Crippen LogP contribution in [0.25, 0.3) is 10.8 Å². The molecule has 0 amide bonds. The molecule has 2 aromatic heterocycles. The zero-order valence-corrected chi connectivity index (χ0v) is 35.9. The van der Waals surface area contributed by atoms with Gasteiger partial charge < -0.3 is 50.4 Å². The first-order valence-electron chi connectivity index (χ1n) is 21.9. The molecule has 8 N–H and O–H groups in total. The van der Waals surface area contributed by atoms with Gasteiger partial charge in [-0.1, -0.05) is 32.0 Å². The van der Waals surface area contributed by atoms with Crippen molar-refractivity contribution in [2.24, 2.45) is 17.8 Å². The van der Waals surface area contributed by atoms with Crippen LogP contribution < -0.4 is 14.8 Å². The summed E-state index contributed by atoms with van der Waals surface area (Å²) in [6.07, 6.45) is 4.18. The number of carbonyl (C=O) groups excluding carboxylic acids is 1. The van der Waals surface area contributed by atoms with Gasteiger partial charge in [-0.25, -0.2) is 4.98 Å². The second-order valence-electron chi connectivity index (χ2n) is 17.8. The van der Waals surface area contributed by atoms with Crippen molar-refractivity contribution in [1.82, 2.24) is 9.97 Å². The van der Waals surface area contributed by atoms with E-state index in [1.807, 2.05) is 62.5 Å². The summed E-state index contributed by atoms with van der Waals surface area (Å²) >= 11 is 0. The first-order valence-corrected chi connectivity index (χ1v) is 21.9. The lowest BCUT2D eigenvalue weighted by Gasteiger charge is -2.45. The number of pyridine rings is 1. The summed E-state index contributed by atoms with van der Waals surface area (Å²) in [7, 11) is 1.48. The van der Waals surface area contributed by atoms with Crippen LogP contribution in [0.5, 0.6) is 34.5 Å². The minimum absolute atomic E-state index is 0.00210. The number of carbonyl (C=O) groups is 1. The molecule has 6 unspecified atom stereocenters. The number of rotatable bonds is 11. The molecule has 3 heterocycles. The molecule has 0 saturated heterocycles. The van der Waals surface area contributed by atoms with Crippen molar-refractivity contribution in [1.29, 1.82) is 0 Å². The molecular formula is C51H57N3O9. The fraction of sp³-hybridized carbons (Fsp3) is 0.373. The van der Waals surface area contributed by atoms with Gasteiger partial charge in [-0.3, -0.25) is 4.79 Å². The number of aromatic nitrogens is 2. The maximum Gasteiger partial charge on any atom is 0.200 e. The Hall–Kier alpha value is -6.24. The summed E-state index contributed by atoms with van der Waals surface area (Å²) < 4.78 is 11.4. The molecule has 330 valence electrons. The van der Waals surface area contributed by atoms with Gasteiger partial charge in [-0.15, -0.1) is 0 Å². The van der Waals surface area contributed by atoms with Gasteiger partial charge in [0.25, 0.3) is 0 Å². The summed E-state index contributed by atoms with van der Waals surface area (Å²) in [5, 5.41) is 73.1. The lowest BCUT2D eigenvalue weighted by atomic mass is 9.58. The number of aromatic amines is 1. The number of nitrogens with one attached hydrogen (secondary N) is 2. The number of phenolic OH excluding ortho intramolecular Hbond substituents is 4. The highest BCUT2D eigenvalue weighted by Gasteiger charge is 2.57. The van der Waals surface area contributed by atoms with E-state index in [-0.39, 0.29) is 53.3 Å². The predicted molar refractivity (Wildman–Crippen MR) is 241 cm³/mol. The SMILES string of the molecule is COc1cc(CCC(O)C2C(=O)CC(c3cc(O)c(O)c(OCC(C)C)c3)CCc3c(ccc4cc(O)ccc34)Nc3cc(ccn3)C23CCC(O)C3Cc2ccc[nH]2)ccc1O. The smallest absolute Gasteiger partial charge is 0.200 e. The molecule has 1 aliphatic carbocycles.